The van der Waals surface area contributed by atoms with Gasteiger partial charge >= 0.3 is 0 Å². The van der Waals surface area contributed by atoms with Gasteiger partial charge in [0.15, 0.2) is 0 Å². The summed E-state index contributed by atoms with van der Waals surface area (Å²) in [6.07, 6.45) is 0. The maximum Gasteiger partial charge on any atom is 0.119 e. The minimum absolute atomic E-state index is 0.101. The van der Waals surface area contributed by atoms with Gasteiger partial charge in [0.2, 0.25) is 0 Å². The van der Waals surface area contributed by atoms with Crippen molar-refractivity contribution in [2.45, 2.75) is 0 Å². The fourth-order valence-electron chi connectivity index (χ4n) is 0.778. The summed E-state index contributed by atoms with van der Waals surface area (Å²) in [6.45, 7) is -0.101. The molecule has 0 bridgehead atoms. The summed E-state index contributed by atoms with van der Waals surface area (Å²) < 4.78 is 35.6. The van der Waals surface area contributed by atoms with E-state index in [1.54, 1.807) is 24.3 Å². The smallest absolute Gasteiger partial charge is 0.119 e. The Bertz CT molecular complexity index is 344. The van der Waals surface area contributed by atoms with Crippen LogP contribution in [0.2, 0.25) is 0 Å². The fourth-order valence-corrected chi connectivity index (χ4v) is 1.07. The van der Waals surface area contributed by atoms with Gasteiger partial charge in [0.05, 0.1) is 15.9 Å². The molecule has 0 saturated carbocycles. The molecule has 0 aliphatic heterocycles. The Labute approximate surface area is 76.9 Å². The molecule has 0 radical (unpaired) electrons. The Hall–Kier alpha value is -1.07. The van der Waals surface area contributed by atoms with Gasteiger partial charge in [0.25, 0.3) is 0 Å². The Morgan fingerprint density at radius 2 is 1.85 bits per heavy atom. The quantitative estimate of drug-likeness (QED) is 0.669. The van der Waals surface area contributed by atoms with E-state index in [9.17, 15) is 13.0 Å². The molecule has 0 aliphatic carbocycles. The maximum absolute atomic E-state index is 10.2. The summed E-state index contributed by atoms with van der Waals surface area (Å²) in [5, 5.41) is 0. The highest BCUT2D eigenvalue weighted by atomic mass is 32.2. The number of benzene rings is 1. The standard InChI is InChI=1S/C8H10O4S/c9-13(10,11)7-6-12-8-4-2-1-3-5-8/h1-5H,6-7H2,(H,9,10,11)/p-1. The van der Waals surface area contributed by atoms with Gasteiger partial charge in [-0.15, -0.1) is 0 Å². The summed E-state index contributed by atoms with van der Waals surface area (Å²) >= 11 is 0. The van der Waals surface area contributed by atoms with E-state index in [4.69, 9.17) is 4.74 Å². The molecular formula is C8H9O4S-. The van der Waals surface area contributed by atoms with Crippen molar-refractivity contribution in [2.24, 2.45) is 0 Å². The lowest BCUT2D eigenvalue weighted by Crippen LogP contribution is -2.12. The minimum Gasteiger partial charge on any atom is -0.748 e. The lowest BCUT2D eigenvalue weighted by Gasteiger charge is -2.08. The lowest BCUT2D eigenvalue weighted by molar-refractivity contribution is 0.334. The third-order valence-electron chi connectivity index (χ3n) is 1.35. The number of hydrogen-bond donors (Lipinski definition) is 0. The Morgan fingerprint density at radius 3 is 2.38 bits per heavy atom. The summed E-state index contributed by atoms with van der Waals surface area (Å²) in [5.41, 5.74) is 0. The van der Waals surface area contributed by atoms with Crippen LogP contribution in [0.15, 0.2) is 30.3 Å². The summed E-state index contributed by atoms with van der Waals surface area (Å²) in [4.78, 5) is 0. The third kappa shape index (κ3) is 4.49. The average Bonchev–Trinajstić information content (AvgIpc) is 2.04. The molecule has 13 heavy (non-hydrogen) atoms. The molecule has 1 rings (SSSR count). The first kappa shape index (κ1) is 10.0. The molecule has 0 N–H and O–H groups in total. The first-order chi connectivity index (χ1) is 6.08. The van der Waals surface area contributed by atoms with Crippen molar-refractivity contribution in [1.82, 2.24) is 0 Å². The first-order valence-electron chi connectivity index (χ1n) is 3.69. The minimum atomic E-state index is -4.17. The molecule has 0 atom stereocenters. The van der Waals surface area contributed by atoms with Gasteiger partial charge in [0.1, 0.15) is 12.4 Å². The molecule has 0 unspecified atom stereocenters. The summed E-state index contributed by atoms with van der Waals surface area (Å²) in [5.74, 6) is 0.0631. The van der Waals surface area contributed by atoms with Crippen molar-refractivity contribution in [3.05, 3.63) is 30.3 Å². The van der Waals surface area contributed by atoms with E-state index in [1.807, 2.05) is 6.07 Å². The predicted molar refractivity (Wildman–Crippen MR) is 46.5 cm³/mol. The van der Waals surface area contributed by atoms with Crippen LogP contribution in [0.4, 0.5) is 0 Å². The Kier molecular flexibility index (Phi) is 3.27. The van der Waals surface area contributed by atoms with Gasteiger partial charge in [-0.1, -0.05) is 18.2 Å². The van der Waals surface area contributed by atoms with Crippen LogP contribution in [0.5, 0.6) is 5.75 Å². The van der Waals surface area contributed by atoms with Crippen molar-refractivity contribution in [2.75, 3.05) is 12.4 Å². The second kappa shape index (κ2) is 4.25. The molecule has 1 aromatic carbocycles. The van der Waals surface area contributed by atoms with Crippen LogP contribution < -0.4 is 4.74 Å². The molecule has 72 valence electrons. The molecule has 1 aromatic rings. The van der Waals surface area contributed by atoms with Crippen molar-refractivity contribution in [3.8, 4) is 5.75 Å². The maximum atomic E-state index is 10.2. The normalized spacial score (nSPS) is 11.2. The number of para-hydroxylation sites is 1. The second-order valence-corrected chi connectivity index (χ2v) is 3.95. The molecule has 0 aliphatic rings. The topological polar surface area (TPSA) is 66.4 Å². The molecule has 0 fully saturated rings. The van der Waals surface area contributed by atoms with Crippen LogP contribution in [0, 0.1) is 0 Å². The van der Waals surface area contributed by atoms with E-state index in [1.165, 1.54) is 0 Å². The summed E-state index contributed by atoms with van der Waals surface area (Å²) in [7, 11) is -4.17. The molecule has 0 saturated heterocycles. The van der Waals surface area contributed by atoms with Crippen molar-refractivity contribution < 1.29 is 17.7 Å². The van der Waals surface area contributed by atoms with Crippen LogP contribution >= 0.6 is 0 Å². The Balaban J connectivity index is 2.37. The van der Waals surface area contributed by atoms with Crippen molar-refractivity contribution >= 4 is 10.1 Å². The molecule has 0 heterocycles. The highest BCUT2D eigenvalue weighted by Crippen LogP contribution is 2.07. The van der Waals surface area contributed by atoms with Crippen LogP contribution in [-0.2, 0) is 10.1 Å². The van der Waals surface area contributed by atoms with Crippen molar-refractivity contribution in [3.63, 3.8) is 0 Å². The monoisotopic (exact) mass is 201 g/mol. The first-order valence-corrected chi connectivity index (χ1v) is 5.27. The van der Waals surface area contributed by atoms with E-state index in [-0.39, 0.29) is 6.61 Å². The second-order valence-electron chi connectivity index (χ2n) is 2.42. The zero-order valence-electron chi connectivity index (χ0n) is 6.84. The van der Waals surface area contributed by atoms with Crippen LogP contribution in [0.3, 0.4) is 0 Å². The van der Waals surface area contributed by atoms with Gasteiger partial charge in [-0.25, -0.2) is 8.42 Å². The highest BCUT2D eigenvalue weighted by Gasteiger charge is 1.96. The number of hydrogen-bond acceptors (Lipinski definition) is 4. The van der Waals surface area contributed by atoms with Gasteiger partial charge in [-0.05, 0) is 12.1 Å². The Morgan fingerprint density at radius 1 is 1.23 bits per heavy atom. The van der Waals surface area contributed by atoms with E-state index in [0.717, 1.165) is 0 Å². The number of ether oxygens (including phenoxy) is 1. The average molecular weight is 201 g/mol. The highest BCUT2D eigenvalue weighted by molar-refractivity contribution is 7.85. The van der Waals surface area contributed by atoms with Gasteiger partial charge < -0.3 is 9.29 Å². The molecular weight excluding hydrogens is 192 g/mol. The molecule has 4 nitrogen and oxygen atoms in total. The van der Waals surface area contributed by atoms with Gasteiger partial charge in [-0.3, -0.25) is 0 Å². The van der Waals surface area contributed by atoms with Gasteiger partial charge in [-0.2, -0.15) is 0 Å². The van der Waals surface area contributed by atoms with Crippen LogP contribution in [0.1, 0.15) is 0 Å². The zero-order valence-corrected chi connectivity index (χ0v) is 7.66. The zero-order chi connectivity index (χ0) is 9.73. The molecule has 0 amide bonds. The van der Waals surface area contributed by atoms with E-state index in [0.29, 0.717) is 5.75 Å². The number of rotatable bonds is 4. The molecule has 0 spiro atoms. The van der Waals surface area contributed by atoms with Crippen LogP contribution in [-0.4, -0.2) is 25.3 Å². The third-order valence-corrected chi connectivity index (χ3v) is 2.01. The van der Waals surface area contributed by atoms with Crippen molar-refractivity contribution in [1.29, 1.82) is 0 Å². The van der Waals surface area contributed by atoms with E-state index < -0.39 is 15.9 Å². The van der Waals surface area contributed by atoms with E-state index in [2.05, 4.69) is 0 Å². The molecule has 0 aromatic heterocycles. The van der Waals surface area contributed by atoms with Crippen LogP contribution in [0.25, 0.3) is 0 Å². The SMILES string of the molecule is O=S(=O)([O-])CCOc1ccccc1. The summed E-state index contributed by atoms with van der Waals surface area (Å²) in [6, 6.07) is 8.73. The molecule has 5 heteroatoms. The van der Waals surface area contributed by atoms with E-state index >= 15 is 0 Å². The lowest BCUT2D eigenvalue weighted by atomic mass is 10.3. The fraction of sp³-hybridized carbons (Fsp3) is 0.250. The largest absolute Gasteiger partial charge is 0.748 e. The van der Waals surface area contributed by atoms with Gasteiger partial charge in [0, 0.05) is 0 Å². The predicted octanol–water partition coefficient (Wildman–Crippen LogP) is 0.611.